The molecule has 10 heavy (non-hydrogen) atoms. The maximum atomic E-state index is 5.09. The summed E-state index contributed by atoms with van der Waals surface area (Å²) in [5, 5.41) is 1.39. The van der Waals surface area contributed by atoms with Crippen LogP contribution in [-0.2, 0) is 0 Å². The van der Waals surface area contributed by atoms with Crippen molar-refractivity contribution in [1.82, 2.24) is 5.01 Å². The Labute approximate surface area is 64.9 Å². The summed E-state index contributed by atoms with van der Waals surface area (Å²) in [6.07, 6.45) is 1.53. The summed E-state index contributed by atoms with van der Waals surface area (Å²) in [7, 11) is 3.39. The summed E-state index contributed by atoms with van der Waals surface area (Å²) in [4.78, 5) is 3.61. The third kappa shape index (κ3) is 52.0. The predicted octanol–water partition coefficient (Wildman–Crippen LogP) is 1.50. The number of nitrogens with zero attached hydrogens (tertiary/aromatic N) is 2. The first-order chi connectivity index (χ1) is 4.77. The molecule has 0 heterocycles. The summed E-state index contributed by atoms with van der Waals surface area (Å²) in [6.45, 7) is 8.00. The van der Waals surface area contributed by atoms with Crippen LogP contribution in [0, 0.1) is 0 Å². The second-order valence-electron chi connectivity index (χ2n) is 1.04. The van der Waals surface area contributed by atoms with Gasteiger partial charge in [0.1, 0.15) is 0 Å². The second kappa shape index (κ2) is 23.7. The molecule has 0 radical (unpaired) electrons. The number of hydrogen-bond acceptors (Lipinski definition) is 2. The van der Waals surface area contributed by atoms with Crippen LogP contribution in [-0.4, -0.2) is 25.4 Å². The standard InChI is InChI=1S/C3H9N3.2C2H6/c1-5-3-6(2)4;2*1-2/h3H,4H2,1-2H3;2*1-2H3. The van der Waals surface area contributed by atoms with Crippen molar-refractivity contribution in [2.45, 2.75) is 27.7 Å². The Morgan fingerprint density at radius 2 is 1.50 bits per heavy atom. The summed E-state index contributed by atoms with van der Waals surface area (Å²) < 4.78 is 0. The maximum absolute atomic E-state index is 5.09. The van der Waals surface area contributed by atoms with Crippen molar-refractivity contribution in [2.75, 3.05) is 14.1 Å². The second-order valence-corrected chi connectivity index (χ2v) is 1.04. The Bertz CT molecular complexity index is 50.8. The van der Waals surface area contributed by atoms with E-state index in [2.05, 4.69) is 4.99 Å². The van der Waals surface area contributed by atoms with Gasteiger partial charge in [0.05, 0.1) is 6.34 Å². The van der Waals surface area contributed by atoms with E-state index in [9.17, 15) is 0 Å². The van der Waals surface area contributed by atoms with Crippen LogP contribution >= 0.6 is 0 Å². The monoisotopic (exact) mass is 147 g/mol. The van der Waals surface area contributed by atoms with E-state index in [1.165, 1.54) is 11.3 Å². The van der Waals surface area contributed by atoms with E-state index >= 15 is 0 Å². The molecule has 2 N–H and O–H groups in total. The summed E-state index contributed by atoms with van der Waals surface area (Å²) in [5.41, 5.74) is 0. The molecule has 0 aromatic rings. The topological polar surface area (TPSA) is 41.6 Å². The Balaban J connectivity index is -0.000000105. The average Bonchev–Trinajstić information content (AvgIpc) is 1.96. The fourth-order valence-corrected chi connectivity index (χ4v) is 0.182. The number of rotatable bonds is 1. The molecule has 0 fully saturated rings. The molecule has 0 saturated heterocycles. The first-order valence-electron chi connectivity index (χ1n) is 3.67. The molecule has 0 aliphatic carbocycles. The minimum Gasteiger partial charge on any atom is -0.304 e. The lowest BCUT2D eigenvalue weighted by Gasteiger charge is -1.98. The molecule has 0 aliphatic heterocycles. The lowest BCUT2D eigenvalue weighted by atomic mass is 11.0. The molecule has 3 nitrogen and oxygen atoms in total. The molecule has 0 atom stereocenters. The summed E-state index contributed by atoms with van der Waals surface area (Å²) >= 11 is 0. The highest BCUT2D eigenvalue weighted by Gasteiger charge is 1.67. The lowest BCUT2D eigenvalue weighted by Crippen LogP contribution is -2.23. The average molecular weight is 147 g/mol. The van der Waals surface area contributed by atoms with Crippen molar-refractivity contribution in [3.8, 4) is 0 Å². The van der Waals surface area contributed by atoms with Gasteiger partial charge in [0.25, 0.3) is 0 Å². The highest BCUT2D eigenvalue weighted by atomic mass is 15.4. The van der Waals surface area contributed by atoms with E-state index in [0.29, 0.717) is 0 Å². The van der Waals surface area contributed by atoms with Gasteiger partial charge in [-0.15, -0.1) is 0 Å². The highest BCUT2D eigenvalue weighted by molar-refractivity contribution is 5.52. The summed E-state index contributed by atoms with van der Waals surface area (Å²) in [6, 6.07) is 0. The zero-order valence-corrected chi connectivity index (χ0v) is 8.05. The fourth-order valence-electron chi connectivity index (χ4n) is 0.182. The normalized spacial score (nSPS) is 7.10. The Morgan fingerprint density at radius 1 is 1.20 bits per heavy atom. The zero-order chi connectivity index (χ0) is 8.99. The molecule has 0 unspecified atom stereocenters. The molecule has 3 heteroatoms. The largest absolute Gasteiger partial charge is 0.304 e. The molecule has 0 aromatic heterocycles. The number of hydrogen-bond donors (Lipinski definition) is 1. The molecular weight excluding hydrogens is 126 g/mol. The molecular formula is C7H21N3. The zero-order valence-electron chi connectivity index (χ0n) is 8.05. The van der Waals surface area contributed by atoms with Crippen molar-refractivity contribution >= 4 is 6.34 Å². The number of nitrogens with two attached hydrogens (primary N) is 1. The van der Waals surface area contributed by atoms with Crippen molar-refractivity contribution in [3.05, 3.63) is 0 Å². The smallest absolute Gasteiger partial charge is 0.0984 e. The van der Waals surface area contributed by atoms with E-state index < -0.39 is 0 Å². The molecule has 0 aliphatic rings. The molecule has 0 amide bonds. The third-order valence-electron chi connectivity index (χ3n) is 0.298. The van der Waals surface area contributed by atoms with Gasteiger partial charge in [-0.05, 0) is 0 Å². The van der Waals surface area contributed by atoms with Gasteiger partial charge < -0.3 is 5.01 Å². The van der Waals surface area contributed by atoms with Gasteiger partial charge in [-0.1, -0.05) is 27.7 Å². The number of hydrazine groups is 1. The van der Waals surface area contributed by atoms with E-state index in [1.807, 2.05) is 27.7 Å². The van der Waals surface area contributed by atoms with Crippen LogP contribution < -0.4 is 5.84 Å². The number of aliphatic imine (C=N–C) groups is 1. The van der Waals surface area contributed by atoms with Crippen molar-refractivity contribution in [1.29, 1.82) is 0 Å². The molecule has 64 valence electrons. The molecule has 0 bridgehead atoms. The Hall–Kier alpha value is -0.570. The van der Waals surface area contributed by atoms with Crippen LogP contribution in [0.15, 0.2) is 4.99 Å². The van der Waals surface area contributed by atoms with Gasteiger partial charge in [0, 0.05) is 14.1 Å². The van der Waals surface area contributed by atoms with Gasteiger partial charge in [0.15, 0.2) is 0 Å². The van der Waals surface area contributed by atoms with E-state index in [1.54, 1.807) is 14.1 Å². The van der Waals surface area contributed by atoms with E-state index in [4.69, 9.17) is 5.84 Å². The lowest BCUT2D eigenvalue weighted by molar-refractivity contribution is 0.555. The SMILES string of the molecule is CC.CC.CN=CN(C)N. The van der Waals surface area contributed by atoms with Crippen LogP contribution in [0.1, 0.15) is 27.7 Å². The van der Waals surface area contributed by atoms with E-state index in [0.717, 1.165) is 0 Å². The van der Waals surface area contributed by atoms with Gasteiger partial charge >= 0.3 is 0 Å². The predicted molar refractivity (Wildman–Crippen MR) is 49.1 cm³/mol. The van der Waals surface area contributed by atoms with Crippen LogP contribution in [0.3, 0.4) is 0 Å². The third-order valence-corrected chi connectivity index (χ3v) is 0.298. The van der Waals surface area contributed by atoms with Crippen LogP contribution in [0.4, 0.5) is 0 Å². The molecule has 0 aromatic carbocycles. The minimum atomic E-state index is 1.39. The maximum Gasteiger partial charge on any atom is 0.0984 e. The summed E-state index contributed by atoms with van der Waals surface area (Å²) in [5.74, 6) is 5.09. The Morgan fingerprint density at radius 3 is 1.50 bits per heavy atom. The Kier molecular flexibility index (Phi) is 38.4. The van der Waals surface area contributed by atoms with Gasteiger partial charge in [-0.25, -0.2) is 5.84 Å². The van der Waals surface area contributed by atoms with Gasteiger partial charge in [-0.3, -0.25) is 4.99 Å². The van der Waals surface area contributed by atoms with Gasteiger partial charge in [-0.2, -0.15) is 0 Å². The van der Waals surface area contributed by atoms with Crippen LogP contribution in [0.25, 0.3) is 0 Å². The van der Waals surface area contributed by atoms with Crippen molar-refractivity contribution in [2.24, 2.45) is 10.8 Å². The minimum absolute atomic E-state index is 1.39. The molecule has 0 rings (SSSR count). The van der Waals surface area contributed by atoms with Gasteiger partial charge in [0.2, 0.25) is 0 Å². The molecule has 0 saturated carbocycles. The van der Waals surface area contributed by atoms with Crippen molar-refractivity contribution < 1.29 is 0 Å². The van der Waals surface area contributed by atoms with Crippen molar-refractivity contribution in [3.63, 3.8) is 0 Å². The fraction of sp³-hybridized carbons (Fsp3) is 0.857. The first kappa shape index (κ1) is 16.2. The van der Waals surface area contributed by atoms with Crippen LogP contribution in [0.2, 0.25) is 0 Å². The van der Waals surface area contributed by atoms with Crippen LogP contribution in [0.5, 0.6) is 0 Å². The quantitative estimate of drug-likeness (QED) is 0.264. The first-order valence-corrected chi connectivity index (χ1v) is 3.67. The van der Waals surface area contributed by atoms with E-state index in [-0.39, 0.29) is 0 Å². The molecule has 0 spiro atoms. The highest BCUT2D eigenvalue weighted by Crippen LogP contribution is 1.53.